The van der Waals surface area contributed by atoms with E-state index in [2.05, 4.69) is 34.0 Å². The highest BCUT2D eigenvalue weighted by Crippen LogP contribution is 2.17. The van der Waals surface area contributed by atoms with Crippen molar-refractivity contribution in [3.8, 4) is 5.69 Å². The Morgan fingerprint density at radius 2 is 2.32 bits per heavy atom. The summed E-state index contributed by atoms with van der Waals surface area (Å²) in [6, 6.07) is 8.23. The minimum Gasteiger partial charge on any atom is -0.383 e. The van der Waals surface area contributed by atoms with Gasteiger partial charge in [0.2, 0.25) is 0 Å². The number of rotatable bonds is 7. The molecule has 0 amide bonds. The van der Waals surface area contributed by atoms with Crippen molar-refractivity contribution in [3.05, 3.63) is 36.2 Å². The summed E-state index contributed by atoms with van der Waals surface area (Å²) in [5.41, 5.74) is 1.95. The zero-order valence-corrected chi connectivity index (χ0v) is 12.0. The fourth-order valence-corrected chi connectivity index (χ4v) is 2.10. The van der Waals surface area contributed by atoms with Crippen LogP contribution in [0.2, 0.25) is 0 Å². The van der Waals surface area contributed by atoms with Gasteiger partial charge >= 0.3 is 0 Å². The Balaban J connectivity index is 1.99. The molecule has 1 heterocycles. The zero-order chi connectivity index (χ0) is 13.5. The molecular formula is C13H18N4OS. The van der Waals surface area contributed by atoms with Crippen molar-refractivity contribution < 1.29 is 4.74 Å². The monoisotopic (exact) mass is 278 g/mol. The van der Waals surface area contributed by atoms with Gasteiger partial charge in [-0.05, 0) is 24.5 Å². The summed E-state index contributed by atoms with van der Waals surface area (Å²) >= 11 is 1.72. The van der Waals surface area contributed by atoms with Crippen molar-refractivity contribution >= 4 is 11.8 Å². The third-order valence-corrected chi connectivity index (χ3v) is 3.37. The maximum absolute atomic E-state index is 4.97. The lowest BCUT2D eigenvalue weighted by atomic mass is 10.3. The molecule has 0 atom stereocenters. The highest BCUT2D eigenvalue weighted by atomic mass is 32.2. The van der Waals surface area contributed by atoms with Crippen LogP contribution >= 0.6 is 11.8 Å². The average Bonchev–Trinajstić information content (AvgIpc) is 2.92. The second-order valence-electron chi connectivity index (χ2n) is 4.03. The van der Waals surface area contributed by atoms with Gasteiger partial charge < -0.3 is 10.1 Å². The van der Waals surface area contributed by atoms with Crippen molar-refractivity contribution in [1.82, 2.24) is 20.3 Å². The summed E-state index contributed by atoms with van der Waals surface area (Å²) in [5, 5.41) is 11.5. The van der Waals surface area contributed by atoms with Crippen LogP contribution < -0.4 is 5.32 Å². The molecule has 2 aromatic rings. The Morgan fingerprint density at radius 3 is 3.11 bits per heavy atom. The number of benzene rings is 1. The third kappa shape index (κ3) is 4.05. The first-order valence-electron chi connectivity index (χ1n) is 6.09. The number of nitrogens with one attached hydrogen (secondary N) is 1. The lowest BCUT2D eigenvalue weighted by molar-refractivity contribution is 0.199. The van der Waals surface area contributed by atoms with E-state index >= 15 is 0 Å². The van der Waals surface area contributed by atoms with Crippen LogP contribution in [0.3, 0.4) is 0 Å². The number of hydrogen-bond acceptors (Lipinski definition) is 5. The molecule has 2 rings (SSSR count). The SMILES string of the molecule is COCCNCc1cn(-c2cccc(SC)c2)nn1. The number of hydrogen-bond donors (Lipinski definition) is 1. The topological polar surface area (TPSA) is 52.0 Å². The van der Waals surface area contributed by atoms with E-state index in [0.717, 1.165) is 17.9 Å². The standard InChI is InChI=1S/C13H18N4OS/c1-18-7-6-14-9-11-10-17(16-15-11)12-4-3-5-13(8-12)19-2/h3-5,8,10,14H,6-7,9H2,1-2H3. The van der Waals surface area contributed by atoms with Gasteiger partial charge in [0.15, 0.2) is 0 Å². The van der Waals surface area contributed by atoms with Crippen LogP contribution in [0.25, 0.3) is 5.69 Å². The van der Waals surface area contributed by atoms with Gasteiger partial charge in [-0.3, -0.25) is 0 Å². The van der Waals surface area contributed by atoms with Crippen molar-refractivity contribution in [3.63, 3.8) is 0 Å². The largest absolute Gasteiger partial charge is 0.383 e. The molecule has 0 aliphatic heterocycles. The maximum Gasteiger partial charge on any atom is 0.0969 e. The van der Waals surface area contributed by atoms with E-state index < -0.39 is 0 Å². The van der Waals surface area contributed by atoms with E-state index in [0.29, 0.717) is 13.2 Å². The number of thioether (sulfide) groups is 1. The highest BCUT2D eigenvalue weighted by molar-refractivity contribution is 7.98. The number of aromatic nitrogens is 3. The summed E-state index contributed by atoms with van der Waals surface area (Å²) in [7, 11) is 1.69. The van der Waals surface area contributed by atoms with Crippen molar-refractivity contribution in [1.29, 1.82) is 0 Å². The van der Waals surface area contributed by atoms with E-state index in [-0.39, 0.29) is 0 Å². The van der Waals surface area contributed by atoms with E-state index in [1.807, 2.05) is 18.3 Å². The third-order valence-electron chi connectivity index (χ3n) is 2.65. The number of ether oxygens (including phenoxy) is 1. The lowest BCUT2D eigenvalue weighted by Gasteiger charge is -2.02. The Labute approximate surface area is 117 Å². The van der Waals surface area contributed by atoms with E-state index in [1.54, 1.807) is 23.6 Å². The quantitative estimate of drug-likeness (QED) is 0.617. The Morgan fingerprint density at radius 1 is 1.42 bits per heavy atom. The minimum atomic E-state index is 0.698. The minimum absolute atomic E-state index is 0.698. The van der Waals surface area contributed by atoms with Gasteiger partial charge in [0.05, 0.1) is 24.2 Å². The summed E-state index contributed by atoms with van der Waals surface area (Å²) in [4.78, 5) is 1.22. The Hall–Kier alpha value is -1.37. The average molecular weight is 278 g/mol. The fraction of sp³-hybridized carbons (Fsp3) is 0.385. The maximum atomic E-state index is 4.97. The molecule has 1 aromatic heterocycles. The zero-order valence-electron chi connectivity index (χ0n) is 11.2. The smallest absolute Gasteiger partial charge is 0.0969 e. The predicted octanol–water partition coefficient (Wildman–Crippen LogP) is 1.73. The summed E-state index contributed by atoms with van der Waals surface area (Å²) in [6.45, 7) is 2.21. The molecule has 0 bridgehead atoms. The Bertz CT molecular complexity index is 515. The first-order valence-corrected chi connectivity index (χ1v) is 7.31. The van der Waals surface area contributed by atoms with Crippen LogP contribution in [-0.2, 0) is 11.3 Å². The molecule has 0 unspecified atom stereocenters. The van der Waals surface area contributed by atoms with Gasteiger partial charge in [0, 0.05) is 25.1 Å². The van der Waals surface area contributed by atoms with E-state index in [4.69, 9.17) is 4.74 Å². The molecule has 1 N–H and O–H groups in total. The number of methoxy groups -OCH3 is 1. The van der Waals surface area contributed by atoms with Gasteiger partial charge in [-0.25, -0.2) is 4.68 Å². The normalized spacial score (nSPS) is 10.8. The molecule has 102 valence electrons. The predicted molar refractivity (Wildman–Crippen MR) is 76.7 cm³/mol. The molecule has 1 aromatic carbocycles. The van der Waals surface area contributed by atoms with Gasteiger partial charge in [-0.2, -0.15) is 0 Å². The van der Waals surface area contributed by atoms with Crippen molar-refractivity contribution in [2.24, 2.45) is 0 Å². The molecule has 5 nitrogen and oxygen atoms in total. The van der Waals surface area contributed by atoms with Gasteiger partial charge in [-0.1, -0.05) is 11.3 Å². The molecule has 0 aliphatic carbocycles. The molecule has 0 saturated heterocycles. The molecular weight excluding hydrogens is 260 g/mol. The van der Waals surface area contributed by atoms with Gasteiger partial charge in [0.1, 0.15) is 0 Å². The summed E-state index contributed by atoms with van der Waals surface area (Å²) < 4.78 is 6.77. The lowest BCUT2D eigenvalue weighted by Crippen LogP contribution is -2.18. The van der Waals surface area contributed by atoms with E-state index in [9.17, 15) is 0 Å². The van der Waals surface area contributed by atoms with Crippen molar-refractivity contribution in [2.75, 3.05) is 26.5 Å². The summed E-state index contributed by atoms with van der Waals surface area (Å²) in [6.07, 6.45) is 4.00. The van der Waals surface area contributed by atoms with Gasteiger partial charge in [-0.15, -0.1) is 16.9 Å². The first-order chi connectivity index (χ1) is 9.33. The number of nitrogens with zero attached hydrogens (tertiary/aromatic N) is 3. The van der Waals surface area contributed by atoms with Crippen molar-refractivity contribution in [2.45, 2.75) is 11.4 Å². The van der Waals surface area contributed by atoms with Crippen LogP contribution in [0.5, 0.6) is 0 Å². The fourth-order valence-electron chi connectivity index (χ4n) is 1.65. The van der Waals surface area contributed by atoms with Crippen LogP contribution in [0, 0.1) is 0 Å². The first kappa shape index (κ1) is 14.0. The Kier molecular flexibility index (Phi) is 5.38. The second-order valence-corrected chi connectivity index (χ2v) is 4.91. The van der Waals surface area contributed by atoms with Gasteiger partial charge in [0.25, 0.3) is 0 Å². The van der Waals surface area contributed by atoms with Crippen LogP contribution in [0.1, 0.15) is 5.69 Å². The summed E-state index contributed by atoms with van der Waals surface area (Å²) in [5.74, 6) is 0. The van der Waals surface area contributed by atoms with Crippen LogP contribution in [-0.4, -0.2) is 41.5 Å². The molecule has 19 heavy (non-hydrogen) atoms. The molecule has 0 aliphatic rings. The van der Waals surface area contributed by atoms with E-state index in [1.165, 1.54) is 4.90 Å². The molecule has 0 fully saturated rings. The van der Waals surface area contributed by atoms with Crippen LogP contribution in [0.15, 0.2) is 35.4 Å². The molecule has 0 radical (unpaired) electrons. The van der Waals surface area contributed by atoms with Crippen LogP contribution in [0.4, 0.5) is 0 Å². The molecule has 0 spiro atoms. The second kappa shape index (κ2) is 7.28. The molecule has 0 saturated carbocycles. The highest BCUT2D eigenvalue weighted by Gasteiger charge is 2.03. The molecule has 6 heteroatoms.